The Kier molecular flexibility index (Phi) is 4.78. The van der Waals surface area contributed by atoms with Gasteiger partial charge in [-0.3, -0.25) is 0 Å². The van der Waals surface area contributed by atoms with Gasteiger partial charge in [0.15, 0.2) is 11.5 Å². The summed E-state index contributed by atoms with van der Waals surface area (Å²) in [5.74, 6) is 2.29. The normalized spacial score (nSPS) is 10.9. The Labute approximate surface area is 135 Å². The van der Waals surface area contributed by atoms with Crippen molar-refractivity contribution >= 4 is 11.0 Å². The average Bonchev–Trinajstić information content (AvgIpc) is 2.96. The minimum absolute atomic E-state index is 0.374. The quantitative estimate of drug-likeness (QED) is 0.672. The van der Waals surface area contributed by atoms with Gasteiger partial charge in [-0.25, -0.2) is 4.98 Å². The van der Waals surface area contributed by atoms with Crippen LogP contribution >= 0.6 is 0 Å². The second-order valence-electron chi connectivity index (χ2n) is 5.10. The van der Waals surface area contributed by atoms with Gasteiger partial charge in [-0.15, -0.1) is 0 Å². The van der Waals surface area contributed by atoms with Crippen molar-refractivity contribution < 1.29 is 14.2 Å². The summed E-state index contributed by atoms with van der Waals surface area (Å²) in [5, 5.41) is 0. The summed E-state index contributed by atoms with van der Waals surface area (Å²) < 4.78 is 18.6. The lowest BCUT2D eigenvalue weighted by molar-refractivity contribution is 0.184. The Morgan fingerprint density at radius 1 is 0.957 bits per heavy atom. The van der Waals surface area contributed by atoms with Crippen molar-refractivity contribution in [3.05, 3.63) is 54.4 Å². The molecule has 0 bridgehead atoms. The molecule has 0 atom stereocenters. The number of aromatic nitrogens is 2. The first kappa shape index (κ1) is 15.4. The molecule has 5 heteroatoms. The molecular formula is C18H20N2O3. The minimum atomic E-state index is 0.374. The number of fused-ring (bicyclic) bond motifs is 1. The number of nitrogens with zero attached hydrogens (tertiary/aromatic N) is 2. The van der Waals surface area contributed by atoms with Crippen LogP contribution in [-0.4, -0.2) is 30.4 Å². The van der Waals surface area contributed by atoms with Crippen LogP contribution in [0.15, 0.2) is 48.5 Å². The zero-order chi connectivity index (χ0) is 16.1. The van der Waals surface area contributed by atoms with E-state index in [4.69, 9.17) is 14.2 Å². The number of imidazole rings is 1. The lowest BCUT2D eigenvalue weighted by atomic mass is 10.3. The Balaban J connectivity index is 1.87. The summed E-state index contributed by atoms with van der Waals surface area (Å²) in [6, 6.07) is 15.7. The summed E-state index contributed by atoms with van der Waals surface area (Å²) >= 11 is 0. The maximum atomic E-state index is 5.92. The highest BCUT2D eigenvalue weighted by molar-refractivity contribution is 5.75. The summed E-state index contributed by atoms with van der Waals surface area (Å²) in [6.07, 6.45) is 0. The van der Waals surface area contributed by atoms with Crippen molar-refractivity contribution in [1.29, 1.82) is 0 Å². The highest BCUT2D eigenvalue weighted by atomic mass is 16.5. The largest absolute Gasteiger partial charge is 0.493 e. The SMILES string of the molecule is COCCn1c(COc2ccccc2OC)nc2ccccc21. The van der Waals surface area contributed by atoms with Gasteiger partial charge in [0.25, 0.3) is 0 Å². The molecule has 0 N–H and O–H groups in total. The number of methoxy groups -OCH3 is 2. The summed E-state index contributed by atoms with van der Waals surface area (Å²) in [7, 11) is 3.33. The van der Waals surface area contributed by atoms with Crippen LogP contribution in [-0.2, 0) is 17.9 Å². The van der Waals surface area contributed by atoms with E-state index < -0.39 is 0 Å². The lowest BCUT2D eigenvalue weighted by Crippen LogP contribution is -2.10. The van der Waals surface area contributed by atoms with Crippen LogP contribution in [0.2, 0.25) is 0 Å². The molecule has 2 aromatic carbocycles. The van der Waals surface area contributed by atoms with Crippen LogP contribution in [0.4, 0.5) is 0 Å². The molecule has 23 heavy (non-hydrogen) atoms. The van der Waals surface area contributed by atoms with E-state index in [1.807, 2.05) is 42.5 Å². The predicted octanol–water partition coefficient (Wildman–Crippen LogP) is 3.27. The van der Waals surface area contributed by atoms with E-state index in [9.17, 15) is 0 Å². The molecule has 0 aliphatic heterocycles. The van der Waals surface area contributed by atoms with Gasteiger partial charge in [0, 0.05) is 13.7 Å². The van der Waals surface area contributed by atoms with Crippen LogP contribution in [0.1, 0.15) is 5.82 Å². The fourth-order valence-corrected chi connectivity index (χ4v) is 2.55. The van der Waals surface area contributed by atoms with Crippen molar-refractivity contribution in [3.63, 3.8) is 0 Å². The first-order valence-electron chi connectivity index (χ1n) is 7.52. The lowest BCUT2D eigenvalue weighted by Gasteiger charge is -2.12. The van der Waals surface area contributed by atoms with Crippen LogP contribution in [0.25, 0.3) is 11.0 Å². The standard InChI is InChI=1S/C18H20N2O3/c1-21-12-11-20-15-8-4-3-7-14(15)19-18(20)13-23-17-10-6-5-9-16(17)22-2/h3-10H,11-13H2,1-2H3. The highest BCUT2D eigenvalue weighted by Gasteiger charge is 2.12. The third kappa shape index (κ3) is 3.29. The van der Waals surface area contributed by atoms with E-state index in [0.29, 0.717) is 24.7 Å². The molecule has 0 amide bonds. The summed E-state index contributed by atoms with van der Waals surface area (Å²) in [6.45, 7) is 1.74. The number of para-hydroxylation sites is 4. The predicted molar refractivity (Wildman–Crippen MR) is 88.9 cm³/mol. The number of hydrogen-bond acceptors (Lipinski definition) is 4. The Hall–Kier alpha value is -2.53. The van der Waals surface area contributed by atoms with Crippen molar-refractivity contribution in [1.82, 2.24) is 9.55 Å². The van der Waals surface area contributed by atoms with Crippen molar-refractivity contribution in [2.75, 3.05) is 20.8 Å². The number of benzene rings is 2. The average molecular weight is 312 g/mol. The van der Waals surface area contributed by atoms with Crippen LogP contribution < -0.4 is 9.47 Å². The monoisotopic (exact) mass is 312 g/mol. The van der Waals surface area contributed by atoms with Crippen LogP contribution in [0.3, 0.4) is 0 Å². The molecule has 3 rings (SSSR count). The highest BCUT2D eigenvalue weighted by Crippen LogP contribution is 2.27. The first-order valence-corrected chi connectivity index (χ1v) is 7.52. The van der Waals surface area contributed by atoms with Gasteiger partial charge in [0.1, 0.15) is 12.4 Å². The number of rotatable bonds is 7. The van der Waals surface area contributed by atoms with Crippen molar-refractivity contribution in [2.24, 2.45) is 0 Å². The van der Waals surface area contributed by atoms with Gasteiger partial charge in [-0.1, -0.05) is 24.3 Å². The van der Waals surface area contributed by atoms with Gasteiger partial charge in [-0.2, -0.15) is 0 Å². The molecule has 120 valence electrons. The smallest absolute Gasteiger partial charge is 0.161 e. The van der Waals surface area contributed by atoms with Crippen LogP contribution in [0.5, 0.6) is 11.5 Å². The molecule has 0 saturated heterocycles. The fraction of sp³-hybridized carbons (Fsp3) is 0.278. The Bertz CT molecular complexity index is 783. The van der Waals surface area contributed by atoms with Gasteiger partial charge >= 0.3 is 0 Å². The maximum Gasteiger partial charge on any atom is 0.161 e. The van der Waals surface area contributed by atoms with Gasteiger partial charge in [0.05, 0.1) is 24.8 Å². The first-order chi connectivity index (χ1) is 11.3. The van der Waals surface area contributed by atoms with Crippen LogP contribution in [0, 0.1) is 0 Å². The summed E-state index contributed by atoms with van der Waals surface area (Å²) in [5.41, 5.74) is 2.05. The van der Waals surface area contributed by atoms with E-state index in [2.05, 4.69) is 15.6 Å². The molecular weight excluding hydrogens is 292 g/mol. The zero-order valence-corrected chi connectivity index (χ0v) is 13.4. The molecule has 3 aromatic rings. The Morgan fingerprint density at radius 3 is 2.48 bits per heavy atom. The molecule has 5 nitrogen and oxygen atoms in total. The molecule has 0 radical (unpaired) electrons. The molecule has 0 spiro atoms. The van der Waals surface area contributed by atoms with E-state index in [1.54, 1.807) is 14.2 Å². The van der Waals surface area contributed by atoms with E-state index in [-0.39, 0.29) is 0 Å². The van der Waals surface area contributed by atoms with Crippen molar-refractivity contribution in [3.8, 4) is 11.5 Å². The second-order valence-corrected chi connectivity index (χ2v) is 5.10. The maximum absolute atomic E-state index is 5.92. The minimum Gasteiger partial charge on any atom is -0.493 e. The molecule has 0 fully saturated rings. The summed E-state index contributed by atoms with van der Waals surface area (Å²) in [4.78, 5) is 4.68. The number of hydrogen-bond donors (Lipinski definition) is 0. The van der Waals surface area contributed by atoms with E-state index in [1.165, 1.54) is 0 Å². The molecule has 1 heterocycles. The van der Waals surface area contributed by atoms with Gasteiger partial charge in [-0.05, 0) is 24.3 Å². The third-order valence-electron chi connectivity index (χ3n) is 3.68. The third-order valence-corrected chi connectivity index (χ3v) is 3.68. The molecule has 0 unspecified atom stereocenters. The van der Waals surface area contributed by atoms with E-state index >= 15 is 0 Å². The second kappa shape index (κ2) is 7.15. The van der Waals surface area contributed by atoms with Gasteiger partial charge < -0.3 is 18.8 Å². The molecule has 0 aliphatic rings. The van der Waals surface area contributed by atoms with E-state index in [0.717, 1.165) is 23.4 Å². The molecule has 1 aromatic heterocycles. The Morgan fingerprint density at radius 2 is 1.70 bits per heavy atom. The molecule has 0 saturated carbocycles. The molecule has 0 aliphatic carbocycles. The topological polar surface area (TPSA) is 45.5 Å². The number of ether oxygens (including phenoxy) is 3. The fourth-order valence-electron chi connectivity index (χ4n) is 2.55. The van der Waals surface area contributed by atoms with Crippen molar-refractivity contribution in [2.45, 2.75) is 13.2 Å². The van der Waals surface area contributed by atoms with Gasteiger partial charge in [0.2, 0.25) is 0 Å². The zero-order valence-electron chi connectivity index (χ0n) is 13.4.